The summed E-state index contributed by atoms with van der Waals surface area (Å²) in [7, 11) is 0. The van der Waals surface area contributed by atoms with Gasteiger partial charge in [0, 0.05) is 24.5 Å². The monoisotopic (exact) mass is 486 g/mol. The van der Waals surface area contributed by atoms with Gasteiger partial charge in [-0.2, -0.15) is 0 Å². The van der Waals surface area contributed by atoms with Gasteiger partial charge in [-0.25, -0.2) is 4.99 Å². The summed E-state index contributed by atoms with van der Waals surface area (Å²) in [4.78, 5) is 17.6. The average molecular weight is 486 g/mol. The van der Waals surface area contributed by atoms with E-state index in [-0.39, 0.29) is 36.4 Å². The lowest BCUT2D eigenvalue weighted by Gasteiger charge is -2.11. The van der Waals surface area contributed by atoms with Crippen LogP contribution in [0.4, 0.5) is 0 Å². The van der Waals surface area contributed by atoms with Crippen molar-refractivity contribution in [2.75, 3.05) is 26.2 Å². The van der Waals surface area contributed by atoms with Crippen LogP contribution in [-0.2, 0) is 17.6 Å². The van der Waals surface area contributed by atoms with E-state index >= 15 is 0 Å². The number of hydrogen-bond donors (Lipinski definition) is 3. The molecule has 0 aliphatic rings. The maximum absolute atomic E-state index is 11.9. The number of nitrogens with one attached hydrogen (secondary N) is 3. The zero-order valence-corrected chi connectivity index (χ0v) is 18.2. The van der Waals surface area contributed by atoms with Crippen LogP contribution in [0, 0.1) is 0 Å². The van der Waals surface area contributed by atoms with Gasteiger partial charge in [0.1, 0.15) is 6.54 Å². The third-order valence-electron chi connectivity index (χ3n) is 3.55. The number of nitrogens with zero attached hydrogens (tertiary/aromatic N) is 1. The first-order valence-electron chi connectivity index (χ1n) is 8.63. The first kappa shape index (κ1) is 22.4. The SMILES string of the molecule is CCNC(=NCC(=O)NCCc1ccccc1)NCCc1cccs1.I. The molecular weight excluding hydrogens is 459 g/mol. The molecule has 0 radical (unpaired) electrons. The van der Waals surface area contributed by atoms with Crippen molar-refractivity contribution < 1.29 is 4.79 Å². The molecule has 0 bridgehead atoms. The van der Waals surface area contributed by atoms with Crippen LogP contribution in [0.25, 0.3) is 0 Å². The fourth-order valence-corrected chi connectivity index (χ4v) is 3.01. The van der Waals surface area contributed by atoms with Crippen LogP contribution in [0.15, 0.2) is 52.8 Å². The maximum atomic E-state index is 11.9. The standard InChI is InChI=1S/C19H26N4OS.HI/c1-2-20-19(22-13-11-17-9-6-14-25-17)23-15-18(24)21-12-10-16-7-4-3-5-8-16;/h3-9,14H,2,10-13,15H2,1H3,(H,21,24)(H2,20,22,23);1H. The molecule has 1 amide bonds. The molecule has 0 saturated heterocycles. The predicted octanol–water partition coefficient (Wildman–Crippen LogP) is 2.82. The summed E-state index contributed by atoms with van der Waals surface area (Å²) in [5.41, 5.74) is 1.22. The Bertz CT molecular complexity index is 647. The van der Waals surface area contributed by atoms with E-state index < -0.39 is 0 Å². The number of amides is 1. The number of halogens is 1. The third kappa shape index (κ3) is 9.19. The van der Waals surface area contributed by atoms with Gasteiger partial charge in [0.2, 0.25) is 5.91 Å². The molecule has 3 N–H and O–H groups in total. The number of guanidine groups is 1. The quantitative estimate of drug-likeness (QED) is 0.290. The molecule has 0 spiro atoms. The van der Waals surface area contributed by atoms with E-state index in [1.165, 1.54) is 10.4 Å². The highest BCUT2D eigenvalue weighted by molar-refractivity contribution is 14.0. The van der Waals surface area contributed by atoms with Crippen molar-refractivity contribution in [3.05, 3.63) is 58.3 Å². The summed E-state index contributed by atoms with van der Waals surface area (Å²) in [5, 5.41) is 11.4. The van der Waals surface area contributed by atoms with E-state index in [1.54, 1.807) is 11.3 Å². The fourth-order valence-electron chi connectivity index (χ4n) is 2.30. The number of carbonyl (C=O) groups excluding carboxylic acids is 1. The summed E-state index contributed by atoms with van der Waals surface area (Å²) < 4.78 is 0. The second kappa shape index (κ2) is 13.6. The molecule has 2 rings (SSSR count). The third-order valence-corrected chi connectivity index (χ3v) is 4.48. The van der Waals surface area contributed by atoms with Gasteiger partial charge in [-0.1, -0.05) is 36.4 Å². The van der Waals surface area contributed by atoms with Crippen LogP contribution >= 0.6 is 35.3 Å². The molecule has 1 aromatic carbocycles. The van der Waals surface area contributed by atoms with Crippen molar-refractivity contribution >= 4 is 47.2 Å². The van der Waals surface area contributed by atoms with Crippen LogP contribution in [0.3, 0.4) is 0 Å². The van der Waals surface area contributed by atoms with Crippen molar-refractivity contribution in [1.29, 1.82) is 0 Å². The molecular formula is C19H27IN4OS. The molecule has 0 unspecified atom stereocenters. The zero-order valence-electron chi connectivity index (χ0n) is 15.0. The Morgan fingerprint density at radius 1 is 1.00 bits per heavy atom. The van der Waals surface area contributed by atoms with Gasteiger partial charge in [-0.3, -0.25) is 4.79 Å². The van der Waals surface area contributed by atoms with E-state index in [1.807, 2.05) is 25.1 Å². The minimum atomic E-state index is -0.0635. The molecule has 0 saturated carbocycles. The number of hydrogen-bond acceptors (Lipinski definition) is 3. The molecule has 2 aromatic rings. The highest BCUT2D eigenvalue weighted by Crippen LogP contribution is 2.07. The Balaban J connectivity index is 0.00000338. The van der Waals surface area contributed by atoms with Crippen molar-refractivity contribution in [3.63, 3.8) is 0 Å². The second-order valence-electron chi connectivity index (χ2n) is 5.54. The number of benzene rings is 1. The van der Waals surface area contributed by atoms with Crippen LogP contribution in [-0.4, -0.2) is 38.0 Å². The lowest BCUT2D eigenvalue weighted by atomic mass is 10.1. The molecule has 1 aromatic heterocycles. The van der Waals surface area contributed by atoms with Gasteiger partial charge >= 0.3 is 0 Å². The highest BCUT2D eigenvalue weighted by Gasteiger charge is 2.02. The fraction of sp³-hybridized carbons (Fsp3) is 0.368. The van der Waals surface area contributed by atoms with Gasteiger partial charge in [0.05, 0.1) is 0 Å². The summed E-state index contributed by atoms with van der Waals surface area (Å²) in [6.07, 6.45) is 1.78. The predicted molar refractivity (Wildman–Crippen MR) is 121 cm³/mol. The Morgan fingerprint density at radius 3 is 2.46 bits per heavy atom. The molecule has 0 fully saturated rings. The summed E-state index contributed by atoms with van der Waals surface area (Å²) in [6, 6.07) is 14.3. The average Bonchev–Trinajstić information content (AvgIpc) is 3.14. The Morgan fingerprint density at radius 2 is 1.77 bits per heavy atom. The Labute approximate surface area is 176 Å². The van der Waals surface area contributed by atoms with E-state index in [2.05, 4.69) is 50.6 Å². The lowest BCUT2D eigenvalue weighted by molar-refractivity contribution is -0.119. The minimum Gasteiger partial charge on any atom is -0.357 e. The molecule has 7 heteroatoms. The molecule has 5 nitrogen and oxygen atoms in total. The van der Waals surface area contributed by atoms with E-state index in [0.29, 0.717) is 12.5 Å². The summed E-state index contributed by atoms with van der Waals surface area (Å²) in [6.45, 7) is 4.32. The van der Waals surface area contributed by atoms with Crippen molar-refractivity contribution in [2.45, 2.75) is 19.8 Å². The van der Waals surface area contributed by atoms with E-state index in [4.69, 9.17) is 0 Å². The van der Waals surface area contributed by atoms with E-state index in [0.717, 1.165) is 25.9 Å². The Kier molecular flexibility index (Phi) is 11.7. The van der Waals surface area contributed by atoms with Crippen molar-refractivity contribution in [1.82, 2.24) is 16.0 Å². The summed E-state index contributed by atoms with van der Waals surface area (Å²) in [5.74, 6) is 0.614. The molecule has 0 atom stereocenters. The van der Waals surface area contributed by atoms with Gasteiger partial charge in [-0.05, 0) is 36.8 Å². The first-order chi connectivity index (χ1) is 12.3. The van der Waals surface area contributed by atoms with Crippen LogP contribution in [0.2, 0.25) is 0 Å². The van der Waals surface area contributed by atoms with Crippen LogP contribution in [0.5, 0.6) is 0 Å². The van der Waals surface area contributed by atoms with Gasteiger partial charge in [0.15, 0.2) is 5.96 Å². The Hall–Kier alpha value is -1.61. The van der Waals surface area contributed by atoms with Crippen LogP contribution < -0.4 is 16.0 Å². The maximum Gasteiger partial charge on any atom is 0.241 e. The lowest BCUT2D eigenvalue weighted by Crippen LogP contribution is -2.39. The molecule has 0 aliphatic heterocycles. The second-order valence-corrected chi connectivity index (χ2v) is 6.57. The number of rotatable bonds is 9. The first-order valence-corrected chi connectivity index (χ1v) is 9.51. The summed E-state index contributed by atoms with van der Waals surface area (Å²) >= 11 is 1.75. The molecule has 1 heterocycles. The normalized spacial score (nSPS) is 10.7. The van der Waals surface area contributed by atoms with Crippen molar-refractivity contribution in [3.8, 4) is 0 Å². The smallest absolute Gasteiger partial charge is 0.241 e. The van der Waals surface area contributed by atoms with Gasteiger partial charge in [0.25, 0.3) is 0 Å². The topological polar surface area (TPSA) is 65.5 Å². The largest absolute Gasteiger partial charge is 0.357 e. The minimum absolute atomic E-state index is 0. The highest BCUT2D eigenvalue weighted by atomic mass is 127. The number of thiophene rings is 1. The van der Waals surface area contributed by atoms with Gasteiger partial charge < -0.3 is 16.0 Å². The number of aliphatic imine (C=N–C) groups is 1. The van der Waals surface area contributed by atoms with Gasteiger partial charge in [-0.15, -0.1) is 35.3 Å². The van der Waals surface area contributed by atoms with E-state index in [9.17, 15) is 4.79 Å². The molecule has 0 aliphatic carbocycles. The molecule has 142 valence electrons. The zero-order chi connectivity index (χ0) is 17.7. The van der Waals surface area contributed by atoms with Crippen LogP contribution in [0.1, 0.15) is 17.4 Å². The molecule has 26 heavy (non-hydrogen) atoms. The number of carbonyl (C=O) groups is 1. The van der Waals surface area contributed by atoms with Crippen molar-refractivity contribution in [2.24, 2.45) is 4.99 Å².